The van der Waals surface area contributed by atoms with Gasteiger partial charge in [0.05, 0.1) is 32.2 Å². The Hall–Kier alpha value is -4.06. The Morgan fingerprint density at radius 2 is 1.28 bits per heavy atom. The summed E-state index contributed by atoms with van der Waals surface area (Å²) in [5.74, 6) is 0.527. The van der Waals surface area contributed by atoms with Crippen molar-refractivity contribution in [3.05, 3.63) is 133 Å². The highest BCUT2D eigenvalue weighted by Crippen LogP contribution is 2.21. The highest BCUT2D eigenvalue weighted by molar-refractivity contribution is 7.11. The summed E-state index contributed by atoms with van der Waals surface area (Å²) in [6.07, 6.45) is 6.98. The lowest BCUT2D eigenvalue weighted by Crippen LogP contribution is -2.67. The van der Waals surface area contributed by atoms with E-state index in [1.807, 2.05) is 18.2 Å². The van der Waals surface area contributed by atoms with Crippen LogP contribution in [0.25, 0.3) is 5.57 Å². The monoisotopic (exact) mass is 622 g/mol. The number of hydrogen-bond acceptors (Lipinski definition) is 1. The Labute approximate surface area is 273 Å². The largest absolute Gasteiger partial charge is 0.266 e. The molecule has 0 spiro atoms. The number of benzene rings is 4. The second-order valence-electron chi connectivity index (χ2n) is 12.8. The maximum Gasteiger partial charge on any atom is 0.247 e. The summed E-state index contributed by atoms with van der Waals surface area (Å²) in [5, 5.41) is 0. The molecule has 2 nitrogen and oxygen atoms in total. The van der Waals surface area contributed by atoms with E-state index >= 15 is 0 Å². The lowest BCUT2D eigenvalue weighted by molar-refractivity contribution is -0.529. The first kappa shape index (κ1) is 33.3. The summed E-state index contributed by atoms with van der Waals surface area (Å²) < 4.78 is 45.1. The van der Waals surface area contributed by atoms with Crippen LogP contribution in [-0.2, 0) is 0 Å². The molecule has 0 aromatic heterocycles. The van der Waals surface area contributed by atoms with Gasteiger partial charge in [0.2, 0.25) is 5.84 Å². The van der Waals surface area contributed by atoms with E-state index in [2.05, 4.69) is 53.3 Å². The van der Waals surface area contributed by atoms with E-state index in [1.54, 1.807) is 24.0 Å². The smallest absolute Gasteiger partial charge is 0.247 e. The molecule has 46 heavy (non-hydrogen) atoms. The van der Waals surface area contributed by atoms with Gasteiger partial charge in [-0.15, -0.1) is 0 Å². The summed E-state index contributed by atoms with van der Waals surface area (Å²) in [6, 6.07) is 29.9. The van der Waals surface area contributed by atoms with E-state index in [4.69, 9.17) is 0 Å². The van der Waals surface area contributed by atoms with Crippen molar-refractivity contribution in [2.24, 2.45) is 0 Å². The molecule has 6 heteroatoms. The maximum atomic E-state index is 14.2. The van der Waals surface area contributed by atoms with Crippen LogP contribution in [0.15, 0.2) is 110 Å². The van der Waals surface area contributed by atoms with Gasteiger partial charge in [-0.2, -0.15) is 22.7 Å². The maximum absolute atomic E-state index is 14.2. The minimum Gasteiger partial charge on any atom is -0.266 e. The molecule has 0 N–H and O–H groups in total. The van der Waals surface area contributed by atoms with Crippen molar-refractivity contribution in [1.82, 2.24) is 4.90 Å². The first-order valence-corrected chi connectivity index (χ1v) is 16.9. The average Bonchev–Trinajstić information content (AvgIpc) is 3.56. The van der Waals surface area contributed by atoms with Crippen molar-refractivity contribution in [2.45, 2.75) is 58.2 Å². The third-order valence-electron chi connectivity index (χ3n) is 9.72. The molecule has 2 heterocycles. The number of hydrogen-bond donors (Lipinski definition) is 0. The molecule has 4 aromatic rings. The van der Waals surface area contributed by atoms with Gasteiger partial charge in [0.15, 0.2) is 0 Å². The van der Waals surface area contributed by atoms with Crippen LogP contribution in [0.4, 0.5) is 13.2 Å². The summed E-state index contributed by atoms with van der Waals surface area (Å²) in [6.45, 7) is 11.1. The normalized spacial score (nSPS) is 14.5. The van der Waals surface area contributed by atoms with Crippen LogP contribution >= 0.6 is 0 Å². The van der Waals surface area contributed by atoms with E-state index in [-0.39, 0.29) is 17.5 Å². The van der Waals surface area contributed by atoms with Crippen molar-refractivity contribution >= 4 is 33.9 Å². The van der Waals surface area contributed by atoms with Gasteiger partial charge in [-0.25, -0.2) is 13.2 Å². The predicted molar refractivity (Wildman–Crippen MR) is 189 cm³/mol. The average molecular weight is 623 g/mol. The summed E-state index contributed by atoms with van der Waals surface area (Å²) in [5.41, 5.74) is 4.82. The Balaban J connectivity index is 0.000000198. The molecule has 240 valence electrons. The number of nitrogens with zero attached hydrogens (tertiary/aromatic N) is 2. The standard InChI is InChI=1S/C24H25BF3.C16H21N2/c1-2-3-4-5-15-25(19-9-6-12-22(26)16-19,20-10-7-13-23(27)17-20)21-11-8-14-24(28)18-21;1-14(15-7-3-2-4-8-15)13-18-12-6-11-17-10-5-9-16(17)18/h6-14,16-18H,2-5,15H2,1H3;2-4,7-8H,1,5-6,9-13H2/q-1;+1. The van der Waals surface area contributed by atoms with Crippen LogP contribution in [-0.4, -0.2) is 47.6 Å². The second-order valence-corrected chi connectivity index (χ2v) is 12.8. The highest BCUT2D eigenvalue weighted by atomic mass is 19.1. The molecule has 0 bridgehead atoms. The molecule has 0 fully saturated rings. The van der Waals surface area contributed by atoms with E-state index in [1.165, 1.54) is 86.4 Å². The molecule has 4 aromatic carbocycles. The second kappa shape index (κ2) is 16.0. The molecule has 0 saturated carbocycles. The number of rotatable bonds is 11. The fourth-order valence-corrected chi connectivity index (χ4v) is 7.46. The SMILES string of the molecule is C=C(CN1CCC[N+]2=C1CCC2)c1ccccc1.CCCCCC[B-](c1cccc(F)c1)(c1cccc(F)c1)c1cccc(F)c1. The van der Waals surface area contributed by atoms with Crippen LogP contribution in [0, 0.1) is 17.5 Å². The number of unbranched alkanes of at least 4 members (excludes halogenated alkanes) is 3. The lowest BCUT2D eigenvalue weighted by Gasteiger charge is -2.43. The molecule has 0 saturated heterocycles. The van der Waals surface area contributed by atoms with Gasteiger partial charge in [-0.1, -0.05) is 124 Å². The summed E-state index contributed by atoms with van der Waals surface area (Å²) in [7, 11) is 0. The van der Waals surface area contributed by atoms with Gasteiger partial charge < -0.3 is 0 Å². The van der Waals surface area contributed by atoms with Gasteiger partial charge in [0, 0.05) is 6.42 Å². The minimum atomic E-state index is -1.71. The fourth-order valence-electron chi connectivity index (χ4n) is 7.46. The highest BCUT2D eigenvalue weighted by Gasteiger charge is 2.32. The van der Waals surface area contributed by atoms with Crippen LogP contribution in [0.3, 0.4) is 0 Å². The first-order valence-electron chi connectivity index (χ1n) is 16.9. The van der Waals surface area contributed by atoms with E-state index in [0.29, 0.717) is 6.32 Å². The van der Waals surface area contributed by atoms with Crippen molar-refractivity contribution in [1.29, 1.82) is 0 Å². The lowest BCUT2D eigenvalue weighted by atomic mass is 9.14. The zero-order valence-corrected chi connectivity index (χ0v) is 27.1. The van der Waals surface area contributed by atoms with Crippen LogP contribution < -0.4 is 16.4 Å². The van der Waals surface area contributed by atoms with Crippen molar-refractivity contribution in [3.63, 3.8) is 0 Å². The minimum absolute atomic E-state index is 0.342. The first-order chi connectivity index (χ1) is 22.4. The van der Waals surface area contributed by atoms with Gasteiger partial charge >= 0.3 is 0 Å². The van der Waals surface area contributed by atoms with Gasteiger partial charge in [-0.05, 0) is 35.8 Å². The number of amidine groups is 1. The van der Waals surface area contributed by atoms with Crippen LogP contribution in [0.2, 0.25) is 6.32 Å². The molecule has 2 aliphatic rings. The topological polar surface area (TPSA) is 6.25 Å². The summed E-state index contributed by atoms with van der Waals surface area (Å²) >= 11 is 0. The molecule has 0 amide bonds. The molecular weight excluding hydrogens is 576 g/mol. The van der Waals surface area contributed by atoms with Gasteiger partial charge in [0.25, 0.3) is 0 Å². The van der Waals surface area contributed by atoms with E-state index in [9.17, 15) is 13.2 Å². The molecular formula is C40H46BF3N2. The van der Waals surface area contributed by atoms with Crippen molar-refractivity contribution in [2.75, 3.05) is 26.2 Å². The predicted octanol–water partition coefficient (Wildman–Crippen LogP) is 7.76. The molecule has 0 aliphatic carbocycles. The van der Waals surface area contributed by atoms with Crippen molar-refractivity contribution in [3.8, 4) is 0 Å². The number of halogens is 3. The van der Waals surface area contributed by atoms with E-state index in [0.717, 1.165) is 48.6 Å². The summed E-state index contributed by atoms with van der Waals surface area (Å²) in [4.78, 5) is 2.53. The Morgan fingerprint density at radius 1 is 0.717 bits per heavy atom. The molecule has 6 rings (SSSR count). The van der Waals surface area contributed by atoms with Crippen LogP contribution in [0.1, 0.15) is 57.4 Å². The van der Waals surface area contributed by atoms with Crippen molar-refractivity contribution < 1.29 is 17.7 Å². The van der Waals surface area contributed by atoms with Gasteiger partial charge in [0.1, 0.15) is 24.0 Å². The molecule has 0 unspecified atom stereocenters. The third kappa shape index (κ3) is 8.01. The fraction of sp³-hybridized carbons (Fsp3) is 0.325. The molecule has 0 radical (unpaired) electrons. The quantitative estimate of drug-likeness (QED) is 0.0942. The Morgan fingerprint density at radius 3 is 1.83 bits per heavy atom. The zero-order chi connectivity index (χ0) is 32.4. The Kier molecular flexibility index (Phi) is 11.6. The Bertz CT molecular complexity index is 1520. The molecule has 2 aliphatic heterocycles. The van der Waals surface area contributed by atoms with Gasteiger partial charge in [-0.3, -0.25) is 9.48 Å². The zero-order valence-electron chi connectivity index (χ0n) is 27.1. The third-order valence-corrected chi connectivity index (χ3v) is 9.72. The van der Waals surface area contributed by atoms with E-state index < -0.39 is 6.15 Å². The van der Waals surface area contributed by atoms with Crippen LogP contribution in [0.5, 0.6) is 0 Å². The molecule has 0 atom stereocenters.